The summed E-state index contributed by atoms with van der Waals surface area (Å²) in [5.74, 6) is -0.210. The van der Waals surface area contributed by atoms with Crippen molar-refractivity contribution in [3.63, 3.8) is 0 Å². The number of carbonyl (C=O) groups is 1. The Bertz CT molecular complexity index is 632. The van der Waals surface area contributed by atoms with E-state index in [0.717, 1.165) is 31.2 Å². The Morgan fingerprint density at radius 1 is 1.32 bits per heavy atom. The first-order valence-electron chi connectivity index (χ1n) is 7.20. The first-order chi connectivity index (χ1) is 10.1. The lowest BCUT2D eigenvalue weighted by Gasteiger charge is -2.18. The molecule has 0 aliphatic carbocycles. The SMILES string of the molecule is CC[C@@H](C)C[C@@H](C)NC(=O)Nc1cc(S(C)(=O)=O)ccc1F. The fourth-order valence-corrected chi connectivity index (χ4v) is 2.69. The molecule has 2 amide bonds. The molecule has 2 N–H and O–H groups in total. The van der Waals surface area contributed by atoms with Crippen LogP contribution in [0.4, 0.5) is 14.9 Å². The summed E-state index contributed by atoms with van der Waals surface area (Å²) in [6.45, 7) is 6.03. The molecular formula is C15H23FN2O3S. The predicted octanol–water partition coefficient (Wildman–Crippen LogP) is 3.18. The van der Waals surface area contributed by atoms with Gasteiger partial charge in [0.25, 0.3) is 0 Å². The maximum Gasteiger partial charge on any atom is 0.319 e. The van der Waals surface area contributed by atoms with Gasteiger partial charge in [0.1, 0.15) is 5.82 Å². The van der Waals surface area contributed by atoms with Crippen molar-refractivity contribution in [2.45, 2.75) is 44.6 Å². The lowest BCUT2D eigenvalue weighted by Crippen LogP contribution is -2.37. The van der Waals surface area contributed by atoms with Gasteiger partial charge in [0, 0.05) is 12.3 Å². The molecule has 2 atom stereocenters. The lowest BCUT2D eigenvalue weighted by atomic mass is 10.0. The smallest absolute Gasteiger partial charge is 0.319 e. The molecule has 0 aliphatic heterocycles. The van der Waals surface area contributed by atoms with Gasteiger partial charge in [-0.2, -0.15) is 0 Å². The van der Waals surface area contributed by atoms with Crippen molar-refractivity contribution in [1.29, 1.82) is 0 Å². The quantitative estimate of drug-likeness (QED) is 0.787. The summed E-state index contributed by atoms with van der Waals surface area (Å²) in [4.78, 5) is 11.8. The normalized spacial score (nSPS) is 14.2. The summed E-state index contributed by atoms with van der Waals surface area (Å²) in [7, 11) is -3.46. The van der Waals surface area contributed by atoms with E-state index in [0.29, 0.717) is 5.92 Å². The fourth-order valence-electron chi connectivity index (χ4n) is 2.04. The van der Waals surface area contributed by atoms with E-state index in [9.17, 15) is 17.6 Å². The highest BCUT2D eigenvalue weighted by atomic mass is 32.2. The highest BCUT2D eigenvalue weighted by molar-refractivity contribution is 7.90. The number of nitrogens with one attached hydrogen (secondary N) is 2. The van der Waals surface area contributed by atoms with Crippen LogP contribution in [0.5, 0.6) is 0 Å². The Balaban J connectivity index is 2.76. The van der Waals surface area contributed by atoms with Gasteiger partial charge in [-0.25, -0.2) is 17.6 Å². The topological polar surface area (TPSA) is 75.3 Å². The van der Waals surface area contributed by atoms with Gasteiger partial charge in [-0.15, -0.1) is 0 Å². The Kier molecular flexibility index (Phi) is 6.34. The Morgan fingerprint density at radius 3 is 2.50 bits per heavy atom. The molecule has 1 rings (SSSR count). The van der Waals surface area contributed by atoms with Gasteiger partial charge in [-0.05, 0) is 37.5 Å². The molecule has 7 heteroatoms. The van der Waals surface area contributed by atoms with Gasteiger partial charge < -0.3 is 10.6 Å². The maximum absolute atomic E-state index is 13.7. The number of rotatable bonds is 6. The van der Waals surface area contributed by atoms with Crippen LogP contribution in [0.15, 0.2) is 23.1 Å². The van der Waals surface area contributed by atoms with Crippen LogP contribution in [-0.4, -0.2) is 26.7 Å². The van der Waals surface area contributed by atoms with E-state index in [-0.39, 0.29) is 16.6 Å². The Labute approximate surface area is 131 Å². The van der Waals surface area contributed by atoms with Crippen LogP contribution in [-0.2, 0) is 9.84 Å². The minimum atomic E-state index is -3.46. The van der Waals surface area contributed by atoms with Gasteiger partial charge in [0.05, 0.1) is 10.6 Å². The molecule has 0 heterocycles. The molecule has 1 aromatic rings. The van der Waals surface area contributed by atoms with Crippen molar-refractivity contribution in [3.05, 3.63) is 24.0 Å². The van der Waals surface area contributed by atoms with Gasteiger partial charge in [0.2, 0.25) is 0 Å². The molecule has 0 fully saturated rings. The lowest BCUT2D eigenvalue weighted by molar-refractivity contribution is 0.247. The number of halogens is 1. The zero-order chi connectivity index (χ0) is 16.9. The predicted molar refractivity (Wildman–Crippen MR) is 85.2 cm³/mol. The van der Waals surface area contributed by atoms with E-state index in [4.69, 9.17) is 0 Å². The van der Waals surface area contributed by atoms with Crippen LogP contribution in [0, 0.1) is 11.7 Å². The van der Waals surface area contributed by atoms with E-state index in [1.165, 1.54) is 6.07 Å². The van der Waals surface area contributed by atoms with Gasteiger partial charge in [-0.3, -0.25) is 0 Å². The number of carbonyl (C=O) groups excluding carboxylic acids is 1. The number of amides is 2. The molecule has 0 unspecified atom stereocenters. The van der Waals surface area contributed by atoms with Crippen molar-refractivity contribution in [3.8, 4) is 0 Å². The molecule has 0 aromatic heterocycles. The first-order valence-corrected chi connectivity index (χ1v) is 9.09. The standard InChI is InChI=1S/C15H23FN2O3S/c1-5-10(2)8-11(3)17-15(19)18-14-9-12(22(4,20)21)6-7-13(14)16/h6-7,9-11H,5,8H2,1-4H3,(H2,17,18,19)/t10-,11-/m1/s1. The average molecular weight is 330 g/mol. The Hall–Kier alpha value is -1.63. The van der Waals surface area contributed by atoms with Crippen LogP contribution in [0.3, 0.4) is 0 Å². The number of hydrogen-bond acceptors (Lipinski definition) is 3. The molecular weight excluding hydrogens is 307 g/mol. The molecule has 0 saturated heterocycles. The number of hydrogen-bond donors (Lipinski definition) is 2. The van der Waals surface area contributed by atoms with E-state index in [1.807, 2.05) is 6.92 Å². The van der Waals surface area contributed by atoms with E-state index >= 15 is 0 Å². The maximum atomic E-state index is 13.7. The summed E-state index contributed by atoms with van der Waals surface area (Å²) in [6.07, 6.45) is 2.85. The monoisotopic (exact) mass is 330 g/mol. The second kappa shape index (κ2) is 7.58. The minimum absolute atomic E-state index is 0.0446. The molecule has 5 nitrogen and oxygen atoms in total. The third kappa shape index (κ3) is 5.63. The molecule has 0 radical (unpaired) electrons. The van der Waals surface area contributed by atoms with Crippen LogP contribution < -0.4 is 10.6 Å². The summed E-state index contributed by atoms with van der Waals surface area (Å²) < 4.78 is 36.6. The van der Waals surface area contributed by atoms with Crippen LogP contribution in [0.2, 0.25) is 0 Å². The second-order valence-corrected chi connectivity index (χ2v) is 7.68. The average Bonchev–Trinajstić information content (AvgIpc) is 2.39. The van der Waals surface area contributed by atoms with E-state index in [1.54, 1.807) is 0 Å². The zero-order valence-electron chi connectivity index (χ0n) is 13.3. The minimum Gasteiger partial charge on any atom is -0.335 e. The number of urea groups is 1. The number of benzene rings is 1. The number of anilines is 1. The molecule has 0 spiro atoms. The van der Waals surface area contributed by atoms with Crippen LogP contribution in [0.25, 0.3) is 0 Å². The summed E-state index contributed by atoms with van der Waals surface area (Å²) >= 11 is 0. The molecule has 1 aromatic carbocycles. The van der Waals surface area contributed by atoms with Crippen molar-refractivity contribution < 1.29 is 17.6 Å². The molecule has 0 aliphatic rings. The van der Waals surface area contributed by atoms with Gasteiger partial charge in [0.15, 0.2) is 9.84 Å². The summed E-state index contributed by atoms with van der Waals surface area (Å²) in [6, 6.07) is 2.69. The van der Waals surface area contributed by atoms with Crippen molar-refractivity contribution >= 4 is 21.6 Å². The highest BCUT2D eigenvalue weighted by Crippen LogP contribution is 2.19. The molecule has 0 bridgehead atoms. The van der Waals surface area contributed by atoms with Crippen molar-refractivity contribution in [2.24, 2.45) is 5.92 Å². The van der Waals surface area contributed by atoms with Crippen molar-refractivity contribution in [1.82, 2.24) is 5.32 Å². The summed E-state index contributed by atoms with van der Waals surface area (Å²) in [5.41, 5.74) is -0.156. The molecule has 124 valence electrons. The van der Waals surface area contributed by atoms with E-state index in [2.05, 4.69) is 24.5 Å². The third-order valence-electron chi connectivity index (χ3n) is 3.44. The largest absolute Gasteiger partial charge is 0.335 e. The molecule has 22 heavy (non-hydrogen) atoms. The van der Waals surface area contributed by atoms with Crippen LogP contribution >= 0.6 is 0 Å². The van der Waals surface area contributed by atoms with Gasteiger partial charge in [-0.1, -0.05) is 20.3 Å². The zero-order valence-corrected chi connectivity index (χ0v) is 14.1. The van der Waals surface area contributed by atoms with E-state index < -0.39 is 21.7 Å². The molecule has 0 saturated carbocycles. The first kappa shape index (κ1) is 18.4. The Morgan fingerprint density at radius 2 is 1.95 bits per heavy atom. The van der Waals surface area contributed by atoms with Crippen LogP contribution in [0.1, 0.15) is 33.6 Å². The third-order valence-corrected chi connectivity index (χ3v) is 4.55. The second-order valence-electron chi connectivity index (χ2n) is 5.66. The van der Waals surface area contributed by atoms with Gasteiger partial charge >= 0.3 is 6.03 Å². The fraction of sp³-hybridized carbons (Fsp3) is 0.533. The van der Waals surface area contributed by atoms with Crippen molar-refractivity contribution in [2.75, 3.05) is 11.6 Å². The number of sulfone groups is 1. The summed E-state index contributed by atoms with van der Waals surface area (Å²) in [5, 5.41) is 5.07. The highest BCUT2D eigenvalue weighted by Gasteiger charge is 2.15.